The summed E-state index contributed by atoms with van der Waals surface area (Å²) in [5, 5.41) is 5.37. The van der Waals surface area contributed by atoms with Crippen LogP contribution < -0.4 is 15.5 Å². The fourth-order valence-corrected chi connectivity index (χ4v) is 2.95. The van der Waals surface area contributed by atoms with E-state index in [0.29, 0.717) is 17.8 Å². The van der Waals surface area contributed by atoms with Crippen molar-refractivity contribution >= 4 is 29.1 Å². The molecule has 0 spiro atoms. The molecule has 2 N–H and O–H groups in total. The molecular weight excluding hydrogens is 330 g/mol. The van der Waals surface area contributed by atoms with Gasteiger partial charge in [-0.2, -0.15) is 0 Å². The number of hydrogen-bond acceptors (Lipinski definition) is 3. The zero-order chi connectivity index (χ0) is 18.7. The molecule has 134 valence electrons. The molecule has 3 rings (SSSR count). The average Bonchev–Trinajstić information content (AvgIpc) is 3.04. The maximum absolute atomic E-state index is 12.5. The van der Waals surface area contributed by atoms with Gasteiger partial charge in [-0.25, -0.2) is 0 Å². The molecule has 0 aromatic heterocycles. The third kappa shape index (κ3) is 3.74. The van der Waals surface area contributed by atoms with Gasteiger partial charge in [0.25, 0.3) is 5.91 Å². The summed E-state index contributed by atoms with van der Waals surface area (Å²) in [6, 6.07) is 14.3. The van der Waals surface area contributed by atoms with Gasteiger partial charge in [-0.3, -0.25) is 14.4 Å². The Morgan fingerprint density at radius 1 is 1.04 bits per heavy atom. The van der Waals surface area contributed by atoms with Crippen LogP contribution in [0.3, 0.4) is 0 Å². The number of hydrogen-bond donors (Lipinski definition) is 2. The van der Waals surface area contributed by atoms with E-state index in [-0.39, 0.29) is 24.1 Å². The summed E-state index contributed by atoms with van der Waals surface area (Å²) in [6.07, 6.45) is 0.191. The lowest BCUT2D eigenvalue weighted by Crippen LogP contribution is -2.28. The van der Waals surface area contributed by atoms with Crippen molar-refractivity contribution in [2.24, 2.45) is 5.92 Å². The second-order valence-corrected chi connectivity index (χ2v) is 6.39. The number of amides is 3. The van der Waals surface area contributed by atoms with Crippen LogP contribution in [-0.2, 0) is 9.59 Å². The molecule has 0 aliphatic carbocycles. The molecule has 1 aliphatic heterocycles. The monoisotopic (exact) mass is 351 g/mol. The van der Waals surface area contributed by atoms with Crippen molar-refractivity contribution in [2.75, 3.05) is 23.8 Å². The number of benzene rings is 2. The quantitative estimate of drug-likeness (QED) is 0.887. The Morgan fingerprint density at radius 2 is 1.69 bits per heavy atom. The number of aryl methyl sites for hydroxylation is 1. The fraction of sp³-hybridized carbons (Fsp3) is 0.250. The second-order valence-electron chi connectivity index (χ2n) is 6.39. The molecule has 26 heavy (non-hydrogen) atoms. The molecule has 1 fully saturated rings. The van der Waals surface area contributed by atoms with E-state index < -0.39 is 5.92 Å². The number of rotatable bonds is 4. The minimum atomic E-state index is -0.401. The van der Waals surface area contributed by atoms with Crippen LogP contribution in [0.5, 0.6) is 0 Å². The van der Waals surface area contributed by atoms with E-state index in [1.54, 1.807) is 36.2 Å². The topological polar surface area (TPSA) is 78.5 Å². The summed E-state index contributed by atoms with van der Waals surface area (Å²) in [6.45, 7) is 2.35. The van der Waals surface area contributed by atoms with Gasteiger partial charge in [0.15, 0.2) is 0 Å². The van der Waals surface area contributed by atoms with Crippen LogP contribution in [0.25, 0.3) is 0 Å². The Morgan fingerprint density at radius 3 is 2.31 bits per heavy atom. The zero-order valence-corrected chi connectivity index (χ0v) is 14.8. The fourth-order valence-electron chi connectivity index (χ4n) is 2.95. The SMILES string of the molecule is CNC(=O)c1ccc(NC(=O)[C@@H]2CC(=O)N(c3ccc(C)cc3)C2)cc1. The van der Waals surface area contributed by atoms with E-state index in [4.69, 9.17) is 0 Å². The van der Waals surface area contributed by atoms with E-state index in [1.165, 1.54) is 0 Å². The van der Waals surface area contributed by atoms with Crippen LogP contribution in [0.2, 0.25) is 0 Å². The standard InChI is InChI=1S/C20H21N3O3/c1-13-3-9-17(10-4-13)23-12-15(11-18(23)24)20(26)22-16-7-5-14(6-8-16)19(25)21-2/h3-10,15H,11-12H2,1-2H3,(H,21,25)(H,22,26)/t15-/m1/s1. The maximum Gasteiger partial charge on any atom is 0.251 e. The first-order valence-corrected chi connectivity index (χ1v) is 8.48. The van der Waals surface area contributed by atoms with Crippen LogP contribution in [0.15, 0.2) is 48.5 Å². The van der Waals surface area contributed by atoms with Crippen molar-refractivity contribution < 1.29 is 14.4 Å². The predicted octanol–water partition coefficient (Wildman–Crippen LogP) is 2.35. The molecule has 1 aliphatic rings. The number of nitrogens with zero attached hydrogens (tertiary/aromatic N) is 1. The van der Waals surface area contributed by atoms with Gasteiger partial charge in [0.1, 0.15) is 0 Å². The molecule has 6 heteroatoms. The molecule has 0 bridgehead atoms. The van der Waals surface area contributed by atoms with Crippen molar-refractivity contribution in [1.82, 2.24) is 5.32 Å². The molecule has 0 saturated carbocycles. The average molecular weight is 351 g/mol. The summed E-state index contributed by atoms with van der Waals surface area (Å²) in [7, 11) is 1.56. The summed E-state index contributed by atoms with van der Waals surface area (Å²) in [5.41, 5.74) is 3.05. The van der Waals surface area contributed by atoms with Gasteiger partial charge in [-0.1, -0.05) is 17.7 Å². The first-order valence-electron chi connectivity index (χ1n) is 8.48. The van der Waals surface area contributed by atoms with Crippen molar-refractivity contribution in [3.63, 3.8) is 0 Å². The van der Waals surface area contributed by atoms with Crippen LogP contribution in [0, 0.1) is 12.8 Å². The summed E-state index contributed by atoms with van der Waals surface area (Å²) < 4.78 is 0. The molecular formula is C20H21N3O3. The lowest BCUT2D eigenvalue weighted by molar-refractivity contribution is -0.122. The Kier molecular flexibility index (Phi) is 5.02. The Hall–Kier alpha value is -3.15. The zero-order valence-electron chi connectivity index (χ0n) is 14.8. The van der Waals surface area contributed by atoms with Crippen molar-refractivity contribution in [3.8, 4) is 0 Å². The van der Waals surface area contributed by atoms with E-state index in [0.717, 1.165) is 11.3 Å². The van der Waals surface area contributed by atoms with Crippen molar-refractivity contribution in [1.29, 1.82) is 0 Å². The van der Waals surface area contributed by atoms with Crippen molar-refractivity contribution in [3.05, 3.63) is 59.7 Å². The van der Waals surface area contributed by atoms with Gasteiger partial charge in [-0.15, -0.1) is 0 Å². The number of nitrogens with one attached hydrogen (secondary N) is 2. The molecule has 2 aromatic rings. The van der Waals surface area contributed by atoms with Crippen LogP contribution in [0.4, 0.5) is 11.4 Å². The number of carbonyl (C=O) groups excluding carboxylic acids is 3. The molecule has 0 radical (unpaired) electrons. The Bertz CT molecular complexity index is 828. The summed E-state index contributed by atoms with van der Waals surface area (Å²) >= 11 is 0. The molecule has 6 nitrogen and oxygen atoms in total. The predicted molar refractivity (Wildman–Crippen MR) is 100 cm³/mol. The molecule has 1 atom stereocenters. The Balaban J connectivity index is 1.64. The lowest BCUT2D eigenvalue weighted by atomic mass is 10.1. The van der Waals surface area contributed by atoms with Gasteiger partial charge in [0, 0.05) is 37.0 Å². The number of anilines is 2. The van der Waals surface area contributed by atoms with E-state index in [9.17, 15) is 14.4 Å². The van der Waals surface area contributed by atoms with Crippen LogP contribution >= 0.6 is 0 Å². The Labute approximate surface area is 152 Å². The maximum atomic E-state index is 12.5. The highest BCUT2D eigenvalue weighted by Gasteiger charge is 2.35. The van der Waals surface area contributed by atoms with Crippen molar-refractivity contribution in [2.45, 2.75) is 13.3 Å². The van der Waals surface area contributed by atoms with Crippen LogP contribution in [0.1, 0.15) is 22.3 Å². The highest BCUT2D eigenvalue weighted by atomic mass is 16.2. The van der Waals surface area contributed by atoms with Gasteiger partial charge >= 0.3 is 0 Å². The van der Waals surface area contributed by atoms with E-state index in [1.807, 2.05) is 31.2 Å². The molecule has 1 heterocycles. The second kappa shape index (κ2) is 7.39. The van der Waals surface area contributed by atoms with Crippen LogP contribution in [-0.4, -0.2) is 31.3 Å². The first kappa shape index (κ1) is 17.7. The normalized spacial score (nSPS) is 16.5. The minimum absolute atomic E-state index is 0.0519. The molecule has 2 aromatic carbocycles. The molecule has 0 unspecified atom stereocenters. The third-order valence-corrected chi connectivity index (χ3v) is 4.48. The molecule has 3 amide bonds. The summed E-state index contributed by atoms with van der Waals surface area (Å²) in [5.74, 6) is -0.829. The van der Waals surface area contributed by atoms with E-state index in [2.05, 4.69) is 10.6 Å². The van der Waals surface area contributed by atoms with Gasteiger partial charge in [-0.05, 0) is 43.3 Å². The summed E-state index contributed by atoms with van der Waals surface area (Å²) in [4.78, 5) is 38.0. The third-order valence-electron chi connectivity index (χ3n) is 4.48. The molecule has 1 saturated heterocycles. The van der Waals surface area contributed by atoms with E-state index >= 15 is 0 Å². The highest BCUT2D eigenvalue weighted by molar-refractivity contribution is 6.03. The van der Waals surface area contributed by atoms with Gasteiger partial charge in [0.2, 0.25) is 11.8 Å². The lowest BCUT2D eigenvalue weighted by Gasteiger charge is -2.17. The largest absolute Gasteiger partial charge is 0.355 e. The highest BCUT2D eigenvalue weighted by Crippen LogP contribution is 2.26. The number of carbonyl (C=O) groups is 3. The minimum Gasteiger partial charge on any atom is -0.355 e. The van der Waals surface area contributed by atoms with Gasteiger partial charge in [0.05, 0.1) is 5.92 Å². The van der Waals surface area contributed by atoms with Gasteiger partial charge < -0.3 is 15.5 Å². The first-order chi connectivity index (χ1) is 12.5. The smallest absolute Gasteiger partial charge is 0.251 e.